The van der Waals surface area contributed by atoms with Crippen molar-refractivity contribution in [2.75, 3.05) is 5.32 Å². The number of hydrogen-bond acceptors (Lipinski definition) is 6. The number of anilines is 1. The zero-order valence-corrected chi connectivity index (χ0v) is 15.3. The van der Waals surface area contributed by atoms with Crippen molar-refractivity contribution in [3.8, 4) is 0 Å². The van der Waals surface area contributed by atoms with Gasteiger partial charge in [0, 0.05) is 5.54 Å². The Balaban J connectivity index is 1.66. The van der Waals surface area contributed by atoms with Crippen LogP contribution in [0.25, 0.3) is 11.1 Å². The van der Waals surface area contributed by atoms with E-state index in [0.717, 1.165) is 19.0 Å². The highest BCUT2D eigenvalue weighted by atomic mass is 19.1. The number of nitrogens with zero attached hydrogens (tertiary/aromatic N) is 3. The molecule has 3 heterocycles. The molecule has 0 radical (unpaired) electrons. The van der Waals surface area contributed by atoms with Crippen molar-refractivity contribution in [2.45, 2.75) is 45.2 Å². The minimum absolute atomic E-state index is 0.00841. The zero-order chi connectivity index (χ0) is 19.2. The fraction of sp³-hybridized carbons (Fsp3) is 0.368. The third-order valence-electron chi connectivity index (χ3n) is 4.85. The quantitative estimate of drug-likeness (QED) is 0.715. The summed E-state index contributed by atoms with van der Waals surface area (Å²) >= 11 is 0. The summed E-state index contributed by atoms with van der Waals surface area (Å²) in [6.07, 6.45) is 4.64. The van der Waals surface area contributed by atoms with E-state index in [1.54, 1.807) is 19.9 Å². The number of hydrogen-bond donors (Lipinski definition) is 2. The Morgan fingerprint density at radius 1 is 1.30 bits per heavy atom. The van der Waals surface area contributed by atoms with Crippen LogP contribution in [0.2, 0.25) is 0 Å². The van der Waals surface area contributed by atoms with Crippen molar-refractivity contribution in [2.24, 2.45) is 0 Å². The van der Waals surface area contributed by atoms with Gasteiger partial charge in [0.05, 0.1) is 28.9 Å². The largest absolute Gasteiger partial charge is 0.442 e. The summed E-state index contributed by atoms with van der Waals surface area (Å²) in [5, 5.41) is 6.85. The molecule has 0 aromatic carbocycles. The van der Waals surface area contributed by atoms with E-state index in [1.165, 1.54) is 12.4 Å². The first-order valence-electron chi connectivity index (χ1n) is 8.81. The van der Waals surface area contributed by atoms with Crippen LogP contribution in [-0.4, -0.2) is 26.4 Å². The molecule has 0 spiro atoms. The number of rotatable bonds is 5. The zero-order valence-electron chi connectivity index (χ0n) is 15.3. The number of carbonyl (C=O) groups excluding carboxylic acids is 1. The SMILES string of the molecule is Cc1oc2ncnc(NC3(C)CC3)c2c1C(=O)NC(C)c1ccc(F)cn1. The van der Waals surface area contributed by atoms with Crippen LogP contribution in [-0.2, 0) is 0 Å². The van der Waals surface area contributed by atoms with Crippen LogP contribution >= 0.6 is 0 Å². The second kappa shape index (κ2) is 6.29. The average Bonchev–Trinajstić information content (AvgIpc) is 3.23. The van der Waals surface area contributed by atoms with Gasteiger partial charge in [0.1, 0.15) is 23.7 Å². The molecule has 8 heteroatoms. The molecule has 1 aliphatic rings. The summed E-state index contributed by atoms with van der Waals surface area (Å²) in [5.74, 6) is 0.319. The maximum absolute atomic E-state index is 13.1. The van der Waals surface area contributed by atoms with Gasteiger partial charge >= 0.3 is 0 Å². The molecule has 1 unspecified atom stereocenters. The topological polar surface area (TPSA) is 92.9 Å². The maximum atomic E-state index is 13.1. The normalized spacial score (nSPS) is 16.1. The number of halogens is 1. The van der Waals surface area contributed by atoms with Gasteiger partial charge in [-0.2, -0.15) is 0 Å². The predicted molar refractivity (Wildman–Crippen MR) is 97.9 cm³/mol. The number of carbonyl (C=O) groups is 1. The van der Waals surface area contributed by atoms with Gasteiger partial charge in [-0.25, -0.2) is 14.4 Å². The predicted octanol–water partition coefficient (Wildman–Crippen LogP) is 3.52. The molecular formula is C19H20FN5O2. The molecule has 27 heavy (non-hydrogen) atoms. The van der Waals surface area contributed by atoms with E-state index in [0.29, 0.717) is 33.9 Å². The fourth-order valence-electron chi connectivity index (χ4n) is 3.00. The smallest absolute Gasteiger partial charge is 0.256 e. The van der Waals surface area contributed by atoms with E-state index < -0.39 is 11.9 Å². The molecular weight excluding hydrogens is 349 g/mol. The van der Waals surface area contributed by atoms with Crippen LogP contribution in [0, 0.1) is 12.7 Å². The van der Waals surface area contributed by atoms with E-state index in [-0.39, 0.29) is 11.4 Å². The molecule has 0 saturated heterocycles. The number of aryl methyl sites for hydroxylation is 1. The number of aromatic nitrogens is 3. The van der Waals surface area contributed by atoms with Crippen molar-refractivity contribution in [3.63, 3.8) is 0 Å². The lowest BCUT2D eigenvalue weighted by molar-refractivity contribution is 0.0939. The van der Waals surface area contributed by atoms with Crippen molar-refractivity contribution in [1.29, 1.82) is 0 Å². The van der Waals surface area contributed by atoms with Gasteiger partial charge < -0.3 is 15.1 Å². The molecule has 3 aromatic heterocycles. The van der Waals surface area contributed by atoms with Crippen LogP contribution in [0.4, 0.5) is 10.2 Å². The van der Waals surface area contributed by atoms with Crippen LogP contribution in [0.5, 0.6) is 0 Å². The average molecular weight is 369 g/mol. The van der Waals surface area contributed by atoms with Crippen LogP contribution in [0.1, 0.15) is 54.5 Å². The minimum atomic E-state index is -0.421. The number of amides is 1. The van der Waals surface area contributed by atoms with E-state index in [1.807, 2.05) is 0 Å². The van der Waals surface area contributed by atoms with Gasteiger partial charge in [0.2, 0.25) is 5.71 Å². The van der Waals surface area contributed by atoms with Gasteiger partial charge in [-0.1, -0.05) is 0 Å². The molecule has 1 amide bonds. The summed E-state index contributed by atoms with van der Waals surface area (Å²) in [5.41, 5.74) is 1.32. The summed E-state index contributed by atoms with van der Waals surface area (Å²) < 4.78 is 18.7. The molecule has 1 atom stereocenters. The lowest BCUT2D eigenvalue weighted by Crippen LogP contribution is -2.28. The Morgan fingerprint density at radius 3 is 2.74 bits per heavy atom. The minimum Gasteiger partial charge on any atom is -0.442 e. The highest BCUT2D eigenvalue weighted by Gasteiger charge is 2.38. The Kier molecular flexibility index (Phi) is 4.05. The lowest BCUT2D eigenvalue weighted by atomic mass is 10.1. The van der Waals surface area contributed by atoms with E-state index in [4.69, 9.17) is 4.42 Å². The van der Waals surface area contributed by atoms with Gasteiger partial charge in [0.15, 0.2) is 0 Å². The molecule has 1 aliphatic carbocycles. The van der Waals surface area contributed by atoms with Crippen LogP contribution in [0.3, 0.4) is 0 Å². The van der Waals surface area contributed by atoms with Crippen molar-refractivity contribution >= 4 is 22.8 Å². The summed E-state index contributed by atoms with van der Waals surface area (Å²) in [6, 6.07) is 2.46. The number of pyridine rings is 1. The Labute approximate surface area is 155 Å². The highest BCUT2D eigenvalue weighted by molar-refractivity contribution is 6.10. The second-order valence-electron chi connectivity index (χ2n) is 7.22. The van der Waals surface area contributed by atoms with Gasteiger partial charge in [-0.05, 0) is 45.7 Å². The summed E-state index contributed by atoms with van der Waals surface area (Å²) in [4.78, 5) is 25.5. The first-order chi connectivity index (χ1) is 12.9. The van der Waals surface area contributed by atoms with Crippen LogP contribution in [0.15, 0.2) is 29.1 Å². The third kappa shape index (κ3) is 3.34. The molecule has 7 nitrogen and oxygen atoms in total. The van der Waals surface area contributed by atoms with Crippen molar-refractivity contribution < 1.29 is 13.6 Å². The molecule has 0 aliphatic heterocycles. The van der Waals surface area contributed by atoms with Crippen molar-refractivity contribution in [1.82, 2.24) is 20.3 Å². The molecule has 1 saturated carbocycles. The highest BCUT2D eigenvalue weighted by Crippen LogP contribution is 2.40. The molecule has 1 fully saturated rings. The molecule has 2 N–H and O–H groups in total. The van der Waals surface area contributed by atoms with Gasteiger partial charge in [-0.15, -0.1) is 0 Å². The Morgan fingerprint density at radius 2 is 2.07 bits per heavy atom. The summed E-state index contributed by atoms with van der Waals surface area (Å²) in [6.45, 7) is 5.62. The first-order valence-corrected chi connectivity index (χ1v) is 8.81. The lowest BCUT2D eigenvalue weighted by Gasteiger charge is -2.15. The first kappa shape index (κ1) is 17.4. The Hall–Kier alpha value is -3.03. The summed E-state index contributed by atoms with van der Waals surface area (Å²) in [7, 11) is 0. The maximum Gasteiger partial charge on any atom is 0.256 e. The second-order valence-corrected chi connectivity index (χ2v) is 7.22. The fourth-order valence-corrected chi connectivity index (χ4v) is 3.00. The van der Waals surface area contributed by atoms with E-state index in [9.17, 15) is 9.18 Å². The Bertz CT molecular complexity index is 1010. The van der Waals surface area contributed by atoms with E-state index in [2.05, 4.69) is 32.5 Å². The van der Waals surface area contributed by atoms with Gasteiger partial charge in [0.25, 0.3) is 5.91 Å². The molecule has 140 valence electrons. The number of fused-ring (bicyclic) bond motifs is 1. The van der Waals surface area contributed by atoms with Gasteiger partial charge in [-0.3, -0.25) is 9.78 Å². The van der Waals surface area contributed by atoms with E-state index >= 15 is 0 Å². The van der Waals surface area contributed by atoms with Crippen LogP contribution < -0.4 is 10.6 Å². The third-order valence-corrected chi connectivity index (χ3v) is 4.85. The molecule has 3 aromatic rings. The number of furan rings is 1. The number of nitrogens with one attached hydrogen (secondary N) is 2. The molecule has 0 bridgehead atoms. The monoisotopic (exact) mass is 369 g/mol. The standard InChI is InChI=1S/C19H20FN5O2/c1-10(13-5-4-12(20)8-21-13)24-17(26)14-11(2)27-18-15(14)16(22-9-23-18)25-19(3)6-7-19/h4-5,8-10H,6-7H2,1-3H3,(H,24,26)(H,22,23,25). The van der Waals surface area contributed by atoms with Crippen molar-refractivity contribution in [3.05, 3.63) is 47.5 Å². The molecule has 4 rings (SSSR count).